The van der Waals surface area contributed by atoms with Crippen molar-refractivity contribution in [1.82, 2.24) is 62.1 Å². The fourth-order valence-corrected chi connectivity index (χ4v) is 12.7. The summed E-state index contributed by atoms with van der Waals surface area (Å²) < 4.78 is 0. The quantitative estimate of drug-likeness (QED) is 0.0881. The molecule has 15 N–H and O–H groups in total. The summed E-state index contributed by atoms with van der Waals surface area (Å²) in [6.45, 7) is 3.07. The van der Waals surface area contributed by atoms with Crippen LogP contribution < -0.4 is 48.3 Å². The van der Waals surface area contributed by atoms with E-state index in [9.17, 15) is 78.3 Å². The number of nitrogens with two attached hydrogens (primary N) is 1. The van der Waals surface area contributed by atoms with Crippen molar-refractivity contribution in [2.75, 3.05) is 32.7 Å². The van der Waals surface area contributed by atoms with Gasteiger partial charge in [0.1, 0.15) is 83.7 Å². The predicted molar refractivity (Wildman–Crippen MR) is 338 cm³/mol. The normalized spacial score (nSPS) is 27.5. The second-order valence-corrected chi connectivity index (χ2v) is 25.1. The Morgan fingerprint density at radius 1 is 0.438 bits per heavy atom. The third kappa shape index (κ3) is 18.3. The number of aliphatic hydroxyl groups is 2. The first kappa shape index (κ1) is 71.9. The van der Waals surface area contributed by atoms with Crippen LogP contribution in [-0.4, -0.2) is 233 Å². The van der Waals surface area contributed by atoms with Gasteiger partial charge in [-0.25, -0.2) is 0 Å². The minimum atomic E-state index is -1.79. The van der Waals surface area contributed by atoms with Crippen molar-refractivity contribution in [3.05, 3.63) is 89.5 Å². The summed E-state index contributed by atoms with van der Waals surface area (Å²) in [5.41, 5.74) is 6.76. The minimum absolute atomic E-state index is 0.00677. The number of phenolic OH excluding ortho intramolecular Hbond substituents is 3. The molecule has 5 aliphatic rings. The van der Waals surface area contributed by atoms with Crippen molar-refractivity contribution >= 4 is 76.8 Å². The van der Waals surface area contributed by atoms with E-state index in [2.05, 4.69) is 42.5 Å². The van der Waals surface area contributed by atoms with Gasteiger partial charge in [0.15, 0.2) is 0 Å². The van der Waals surface area contributed by atoms with Crippen LogP contribution in [0.5, 0.6) is 17.2 Å². The summed E-state index contributed by atoms with van der Waals surface area (Å²) in [6, 6.07) is 0.947. The van der Waals surface area contributed by atoms with E-state index >= 15 is 9.59 Å². The third-order valence-corrected chi connectivity index (χ3v) is 18.0. The van der Waals surface area contributed by atoms with Crippen molar-refractivity contribution < 1.29 is 87.9 Å². The first-order chi connectivity index (χ1) is 45.7. The Balaban J connectivity index is 1.13. The second kappa shape index (κ2) is 32.5. The average molecular weight is 1340 g/mol. The highest BCUT2D eigenvalue weighted by Gasteiger charge is 2.46. The molecule has 0 radical (unpaired) electrons. The Morgan fingerprint density at radius 2 is 0.802 bits per heavy atom. The second-order valence-electron chi connectivity index (χ2n) is 25.1. The lowest BCUT2D eigenvalue weighted by molar-refractivity contribution is -0.148. The average Bonchev–Trinajstić information content (AvgIpc) is 1.63. The van der Waals surface area contributed by atoms with E-state index in [0.717, 1.165) is 9.80 Å². The molecule has 8 rings (SSSR count). The Hall–Kier alpha value is -9.91. The van der Waals surface area contributed by atoms with Crippen molar-refractivity contribution in [3.8, 4) is 17.2 Å². The number of nitrogens with one attached hydrogen (secondary N) is 8. The number of hydrogen-bond acceptors (Lipinski definition) is 18. The van der Waals surface area contributed by atoms with Gasteiger partial charge in [-0.1, -0.05) is 36.4 Å². The first-order valence-electron chi connectivity index (χ1n) is 32.3. The van der Waals surface area contributed by atoms with Crippen LogP contribution in [0.15, 0.2) is 72.8 Å². The predicted octanol–water partition coefficient (Wildman–Crippen LogP) is -3.63. The zero-order valence-electron chi connectivity index (χ0n) is 53.6. The standard InChI is InChI=1S/C65H85N13O18/c1-34-55(86)67-33-52(85)75-26-4-8-47(75)61(92)73-53(35(2)79)62(93)69-43(24-25-51(66)84)56(87)72-46(32-39-16-22-42(83)23-17-39)63(94)78-29-7-11-50(78)64(95)76-27-5-10-49(76)60(91)71-44(30-37-12-18-40(81)19-13-37)57(88)70-45(31-38-14-20-41(82)21-15-38)58(89)74-54(36(3)80)65(96)77-28-6-9-48(77)59(90)68-34/h12-23,34-36,43-50,53-54,79-83H,4-11,24-33H2,1-3H3,(H2,66,84)(H,67,86)(H,68,90)(H,69,93)(H,70,88)(H,71,91)(H,72,87)(H,73,92)(H,74,89)/t34-,35+,36+,43+,44+,45?,46?,47?,48+,49+,50+,53-,54-/m1/s1. The zero-order valence-corrected chi connectivity index (χ0v) is 53.6. The molecule has 3 aromatic rings. The lowest BCUT2D eigenvalue weighted by Gasteiger charge is -2.34. The van der Waals surface area contributed by atoms with Gasteiger partial charge in [-0.3, -0.25) is 62.3 Å². The number of aromatic hydroxyl groups is 3. The summed E-state index contributed by atoms with van der Waals surface area (Å²) in [7, 11) is 0. The molecule has 0 spiro atoms. The van der Waals surface area contributed by atoms with Gasteiger partial charge in [0.2, 0.25) is 76.8 Å². The SMILES string of the molecule is C[C@H](O)[C@H]1NC(=O)C2CCCN2C(=O)CNC(=O)[C@@H](C)NC(=O)[C@@H]2CCCN2C(=O)[C@@H]([C@H](C)O)NC(=O)C(Cc2ccc(O)cc2)NC(=O)[C@H](Cc2ccc(O)cc2)NC(=O)[C@@H]2CCCN2C(=O)[C@@H]2CCCN2C(=O)C(Cc2ccc(O)cc2)NC(=O)[C@H](CCC(N)=O)NC1=O. The summed E-state index contributed by atoms with van der Waals surface area (Å²) in [5.74, 6) is -11.7. The summed E-state index contributed by atoms with van der Waals surface area (Å²) in [5, 5.41) is 73.2. The third-order valence-electron chi connectivity index (χ3n) is 18.0. The molecule has 0 aromatic heterocycles. The van der Waals surface area contributed by atoms with Gasteiger partial charge in [0.25, 0.3) is 0 Å². The van der Waals surface area contributed by atoms with E-state index in [1.807, 2.05) is 0 Å². The number of hydrogen-bond donors (Lipinski definition) is 14. The van der Waals surface area contributed by atoms with E-state index in [1.165, 1.54) is 103 Å². The van der Waals surface area contributed by atoms with Crippen LogP contribution in [-0.2, 0) is 81.6 Å². The molecule has 31 heteroatoms. The number of aliphatic hydroxyl groups excluding tert-OH is 2. The number of phenols is 3. The largest absolute Gasteiger partial charge is 0.508 e. The number of fused-ring (bicyclic) bond motifs is 4. The molecule has 5 aliphatic heterocycles. The number of primary amides is 1. The molecular formula is C65H85N13O18. The van der Waals surface area contributed by atoms with Crippen LogP contribution in [0.4, 0.5) is 0 Å². The van der Waals surface area contributed by atoms with E-state index in [0.29, 0.717) is 29.5 Å². The zero-order chi connectivity index (χ0) is 69.7. The van der Waals surface area contributed by atoms with Crippen LogP contribution in [0.1, 0.15) is 102 Å². The van der Waals surface area contributed by atoms with Gasteiger partial charge < -0.3 is 93.4 Å². The van der Waals surface area contributed by atoms with Crippen molar-refractivity contribution in [1.29, 1.82) is 0 Å². The van der Waals surface area contributed by atoms with Crippen molar-refractivity contribution in [2.24, 2.45) is 5.73 Å². The van der Waals surface area contributed by atoms with E-state index in [4.69, 9.17) is 5.73 Å². The molecule has 5 saturated heterocycles. The highest BCUT2D eigenvalue weighted by Crippen LogP contribution is 2.28. The Morgan fingerprint density at radius 3 is 1.29 bits per heavy atom. The summed E-state index contributed by atoms with van der Waals surface area (Å²) in [4.78, 5) is 190. The van der Waals surface area contributed by atoms with E-state index < -0.39 is 175 Å². The molecule has 0 saturated carbocycles. The molecule has 5 fully saturated rings. The number of carbonyl (C=O) groups excluding carboxylic acids is 13. The Bertz CT molecular complexity index is 3390. The number of amides is 13. The summed E-state index contributed by atoms with van der Waals surface area (Å²) in [6.07, 6.45) is -3.45. The molecule has 96 heavy (non-hydrogen) atoms. The maximum Gasteiger partial charge on any atom is 0.248 e. The van der Waals surface area contributed by atoms with Gasteiger partial charge in [-0.2, -0.15) is 0 Å². The lowest BCUT2D eigenvalue weighted by atomic mass is 10.0. The molecule has 13 amide bonds. The highest BCUT2D eigenvalue weighted by molar-refractivity contribution is 6.01. The maximum atomic E-state index is 15.1. The maximum absolute atomic E-state index is 15.1. The monoisotopic (exact) mass is 1340 g/mol. The van der Waals surface area contributed by atoms with E-state index in [1.54, 1.807) is 0 Å². The molecule has 3 unspecified atom stereocenters. The van der Waals surface area contributed by atoms with Crippen molar-refractivity contribution in [2.45, 2.75) is 183 Å². The molecular weight excluding hydrogens is 1250 g/mol. The van der Waals surface area contributed by atoms with Crippen molar-refractivity contribution in [3.63, 3.8) is 0 Å². The van der Waals surface area contributed by atoms with Crippen LogP contribution in [0.25, 0.3) is 0 Å². The Kier molecular flexibility index (Phi) is 24.3. The fraction of sp³-hybridized carbons (Fsp3) is 0.523. The molecule has 5 heterocycles. The first-order valence-corrected chi connectivity index (χ1v) is 32.3. The van der Waals surface area contributed by atoms with Gasteiger partial charge in [0, 0.05) is 51.9 Å². The smallest absolute Gasteiger partial charge is 0.248 e. The number of benzene rings is 3. The molecule has 31 nitrogen and oxygen atoms in total. The fourth-order valence-electron chi connectivity index (χ4n) is 12.7. The minimum Gasteiger partial charge on any atom is -0.508 e. The van der Waals surface area contributed by atoms with Crippen LogP contribution >= 0.6 is 0 Å². The van der Waals surface area contributed by atoms with Gasteiger partial charge >= 0.3 is 0 Å². The molecule has 0 aliphatic carbocycles. The number of carbonyl (C=O) groups is 13. The van der Waals surface area contributed by atoms with Crippen LogP contribution in [0, 0.1) is 0 Å². The number of rotatable bonds is 11. The lowest BCUT2D eigenvalue weighted by Crippen LogP contribution is -2.62. The van der Waals surface area contributed by atoms with Crippen LogP contribution in [0.3, 0.4) is 0 Å². The summed E-state index contributed by atoms with van der Waals surface area (Å²) >= 11 is 0. The van der Waals surface area contributed by atoms with Gasteiger partial charge in [0.05, 0.1) is 18.8 Å². The van der Waals surface area contributed by atoms with E-state index in [-0.39, 0.29) is 101 Å². The molecule has 0 bridgehead atoms. The number of nitrogens with zero attached hydrogens (tertiary/aromatic N) is 4. The van der Waals surface area contributed by atoms with Crippen LogP contribution in [0.2, 0.25) is 0 Å². The molecule has 13 atom stereocenters. The Labute approximate surface area is 553 Å². The molecule has 3 aromatic carbocycles. The van der Waals surface area contributed by atoms with Gasteiger partial charge in [-0.15, -0.1) is 0 Å². The topological polar surface area (TPSA) is 458 Å². The molecule has 518 valence electrons. The highest BCUT2D eigenvalue weighted by atomic mass is 16.3. The van der Waals surface area contributed by atoms with Gasteiger partial charge in [-0.05, 0) is 132 Å².